The number of halogens is 2. The van der Waals surface area contributed by atoms with E-state index in [-0.39, 0.29) is 5.02 Å². The molecular formula is C14H14ClFN4. The number of nitrogens with zero attached hydrogens (tertiary/aromatic N) is 3. The third-order valence-corrected chi connectivity index (χ3v) is 3.58. The van der Waals surface area contributed by atoms with Crippen LogP contribution >= 0.6 is 11.6 Å². The molecule has 104 valence electrons. The molecule has 0 bridgehead atoms. The highest BCUT2D eigenvalue weighted by molar-refractivity contribution is 6.30. The van der Waals surface area contributed by atoms with Crippen LogP contribution in [0.15, 0.2) is 30.6 Å². The van der Waals surface area contributed by atoms with Crippen molar-refractivity contribution in [3.05, 3.63) is 41.4 Å². The predicted molar refractivity (Wildman–Crippen MR) is 78.2 cm³/mol. The molecule has 4 nitrogen and oxygen atoms in total. The Labute approximate surface area is 121 Å². The second kappa shape index (κ2) is 5.63. The van der Waals surface area contributed by atoms with Gasteiger partial charge in [0, 0.05) is 24.8 Å². The lowest BCUT2D eigenvalue weighted by Gasteiger charge is -2.16. The largest absolute Gasteiger partial charge is 0.356 e. The van der Waals surface area contributed by atoms with Crippen LogP contribution in [0.5, 0.6) is 0 Å². The molecule has 1 saturated heterocycles. The minimum absolute atomic E-state index is 0.107. The van der Waals surface area contributed by atoms with Gasteiger partial charge in [-0.3, -0.25) is 0 Å². The van der Waals surface area contributed by atoms with E-state index >= 15 is 0 Å². The van der Waals surface area contributed by atoms with E-state index in [1.165, 1.54) is 31.3 Å². The third-order valence-electron chi connectivity index (χ3n) is 3.27. The number of hydrogen-bond acceptors (Lipinski definition) is 4. The SMILES string of the molecule is Fc1cc(Nc2cc(N3CCCC3)ncn2)ccc1Cl. The first-order valence-electron chi connectivity index (χ1n) is 6.51. The summed E-state index contributed by atoms with van der Waals surface area (Å²) in [5, 5.41) is 3.17. The fourth-order valence-electron chi connectivity index (χ4n) is 2.26. The Morgan fingerprint density at radius 3 is 2.70 bits per heavy atom. The van der Waals surface area contributed by atoms with Crippen molar-refractivity contribution >= 4 is 28.9 Å². The zero-order valence-electron chi connectivity index (χ0n) is 10.8. The van der Waals surface area contributed by atoms with Gasteiger partial charge in [0.05, 0.1) is 5.02 Å². The average Bonchev–Trinajstić information content (AvgIpc) is 2.97. The molecule has 2 heterocycles. The Morgan fingerprint density at radius 2 is 1.95 bits per heavy atom. The first-order valence-corrected chi connectivity index (χ1v) is 6.89. The molecule has 3 rings (SSSR count). The molecule has 0 unspecified atom stereocenters. The van der Waals surface area contributed by atoms with Crippen molar-refractivity contribution in [3.63, 3.8) is 0 Å². The van der Waals surface area contributed by atoms with Crippen LogP contribution in [0.25, 0.3) is 0 Å². The van der Waals surface area contributed by atoms with E-state index in [2.05, 4.69) is 20.2 Å². The van der Waals surface area contributed by atoms with Crippen molar-refractivity contribution < 1.29 is 4.39 Å². The quantitative estimate of drug-likeness (QED) is 0.938. The smallest absolute Gasteiger partial charge is 0.143 e. The lowest BCUT2D eigenvalue weighted by atomic mass is 10.3. The zero-order valence-corrected chi connectivity index (χ0v) is 11.6. The molecule has 1 aromatic carbocycles. The summed E-state index contributed by atoms with van der Waals surface area (Å²) in [6.07, 6.45) is 3.90. The second-order valence-electron chi connectivity index (χ2n) is 4.71. The summed E-state index contributed by atoms with van der Waals surface area (Å²) in [6.45, 7) is 2.04. The van der Waals surface area contributed by atoms with Crippen molar-refractivity contribution in [2.45, 2.75) is 12.8 Å². The molecule has 0 spiro atoms. The Morgan fingerprint density at radius 1 is 1.15 bits per heavy atom. The fourth-order valence-corrected chi connectivity index (χ4v) is 2.37. The van der Waals surface area contributed by atoms with Gasteiger partial charge in [-0.15, -0.1) is 0 Å². The highest BCUT2D eigenvalue weighted by Crippen LogP contribution is 2.23. The summed E-state index contributed by atoms with van der Waals surface area (Å²) in [4.78, 5) is 10.6. The molecule has 1 aliphatic rings. The summed E-state index contributed by atoms with van der Waals surface area (Å²) in [5.74, 6) is 1.09. The molecule has 0 radical (unpaired) electrons. The first-order chi connectivity index (χ1) is 9.72. The lowest BCUT2D eigenvalue weighted by molar-refractivity contribution is 0.629. The topological polar surface area (TPSA) is 41.0 Å². The molecule has 1 aromatic heterocycles. The average molecular weight is 293 g/mol. The van der Waals surface area contributed by atoms with Gasteiger partial charge in [0.15, 0.2) is 0 Å². The van der Waals surface area contributed by atoms with E-state index in [1.54, 1.807) is 6.07 Å². The normalized spacial score (nSPS) is 14.6. The van der Waals surface area contributed by atoms with Gasteiger partial charge in [0.1, 0.15) is 23.8 Å². The van der Waals surface area contributed by atoms with Crippen molar-refractivity contribution in [1.82, 2.24) is 9.97 Å². The monoisotopic (exact) mass is 292 g/mol. The van der Waals surface area contributed by atoms with Crippen LogP contribution in [0.3, 0.4) is 0 Å². The standard InChI is InChI=1S/C14H14ClFN4/c15-11-4-3-10(7-12(11)16)19-13-8-14(18-9-17-13)20-5-1-2-6-20/h3-4,7-9H,1-2,5-6H2,(H,17,18,19). The van der Waals surface area contributed by atoms with Crippen molar-refractivity contribution in [1.29, 1.82) is 0 Å². The number of hydrogen-bond donors (Lipinski definition) is 1. The summed E-state index contributed by atoms with van der Waals surface area (Å²) in [5.41, 5.74) is 0.609. The highest BCUT2D eigenvalue weighted by Gasteiger charge is 2.14. The van der Waals surface area contributed by atoms with E-state index in [9.17, 15) is 4.39 Å². The summed E-state index contributed by atoms with van der Waals surface area (Å²) in [6, 6.07) is 6.45. The van der Waals surface area contributed by atoms with Gasteiger partial charge >= 0.3 is 0 Å². The molecule has 0 atom stereocenters. The van der Waals surface area contributed by atoms with Crippen LogP contribution in [0.4, 0.5) is 21.7 Å². The van der Waals surface area contributed by atoms with Gasteiger partial charge in [0.2, 0.25) is 0 Å². The molecular weight excluding hydrogens is 279 g/mol. The van der Waals surface area contributed by atoms with Gasteiger partial charge < -0.3 is 10.2 Å². The molecule has 20 heavy (non-hydrogen) atoms. The number of benzene rings is 1. The molecule has 1 aliphatic heterocycles. The van der Waals surface area contributed by atoms with Crippen LogP contribution in [-0.4, -0.2) is 23.1 Å². The maximum atomic E-state index is 13.4. The third kappa shape index (κ3) is 2.82. The first kappa shape index (κ1) is 13.1. The van der Waals surface area contributed by atoms with E-state index < -0.39 is 5.82 Å². The van der Waals surface area contributed by atoms with Crippen molar-refractivity contribution in [2.24, 2.45) is 0 Å². The van der Waals surface area contributed by atoms with Gasteiger partial charge in [-0.05, 0) is 31.0 Å². The molecule has 1 fully saturated rings. The fraction of sp³-hybridized carbons (Fsp3) is 0.286. The van der Waals surface area contributed by atoms with Gasteiger partial charge in [-0.2, -0.15) is 0 Å². The number of nitrogens with one attached hydrogen (secondary N) is 1. The molecule has 0 aliphatic carbocycles. The Hall–Kier alpha value is -1.88. The maximum Gasteiger partial charge on any atom is 0.143 e. The lowest BCUT2D eigenvalue weighted by Crippen LogP contribution is -2.19. The Bertz CT molecular complexity index is 614. The summed E-state index contributed by atoms with van der Waals surface area (Å²) in [7, 11) is 0. The summed E-state index contributed by atoms with van der Waals surface area (Å²) < 4.78 is 13.4. The minimum atomic E-state index is -0.453. The molecule has 1 N–H and O–H groups in total. The van der Waals surface area contributed by atoms with Crippen LogP contribution in [0, 0.1) is 5.82 Å². The molecule has 0 saturated carbocycles. The Balaban J connectivity index is 1.79. The van der Waals surface area contributed by atoms with E-state index in [1.807, 2.05) is 6.07 Å². The summed E-state index contributed by atoms with van der Waals surface area (Å²) >= 11 is 5.66. The number of anilines is 3. The van der Waals surface area contributed by atoms with Crippen LogP contribution in [0.1, 0.15) is 12.8 Å². The number of rotatable bonds is 3. The molecule has 2 aromatic rings. The zero-order chi connectivity index (χ0) is 13.9. The second-order valence-corrected chi connectivity index (χ2v) is 5.12. The van der Waals surface area contributed by atoms with Gasteiger partial charge in [-0.25, -0.2) is 14.4 Å². The van der Waals surface area contributed by atoms with Crippen LogP contribution in [0.2, 0.25) is 5.02 Å². The predicted octanol–water partition coefficient (Wildman–Crippen LogP) is 3.61. The minimum Gasteiger partial charge on any atom is -0.356 e. The van der Waals surface area contributed by atoms with Gasteiger partial charge in [0.25, 0.3) is 0 Å². The van der Waals surface area contributed by atoms with Gasteiger partial charge in [-0.1, -0.05) is 11.6 Å². The molecule has 0 amide bonds. The van der Waals surface area contributed by atoms with E-state index in [4.69, 9.17) is 11.6 Å². The van der Waals surface area contributed by atoms with Crippen LogP contribution < -0.4 is 10.2 Å². The number of aromatic nitrogens is 2. The highest BCUT2D eigenvalue weighted by atomic mass is 35.5. The van der Waals surface area contributed by atoms with Crippen LogP contribution in [-0.2, 0) is 0 Å². The van der Waals surface area contributed by atoms with Crippen molar-refractivity contribution in [2.75, 3.05) is 23.3 Å². The molecule has 6 heteroatoms. The Kier molecular flexibility index (Phi) is 3.69. The van der Waals surface area contributed by atoms with E-state index in [0.29, 0.717) is 11.5 Å². The van der Waals surface area contributed by atoms with Crippen molar-refractivity contribution in [3.8, 4) is 0 Å². The van der Waals surface area contributed by atoms with E-state index in [0.717, 1.165) is 18.9 Å². The maximum absolute atomic E-state index is 13.4.